The zero-order valence-electron chi connectivity index (χ0n) is 9.79. The van der Waals surface area contributed by atoms with Gasteiger partial charge in [0.15, 0.2) is 0 Å². The van der Waals surface area contributed by atoms with Gasteiger partial charge >= 0.3 is 0 Å². The number of methoxy groups -OCH3 is 1. The van der Waals surface area contributed by atoms with Crippen molar-refractivity contribution in [3.8, 4) is 0 Å². The average Bonchev–Trinajstić information content (AvgIpc) is 2.19. The molecule has 2 N–H and O–H groups in total. The van der Waals surface area contributed by atoms with Gasteiger partial charge in [0.2, 0.25) is 5.91 Å². The Morgan fingerprint density at radius 3 is 2.73 bits per heavy atom. The summed E-state index contributed by atoms with van der Waals surface area (Å²) in [5.41, 5.74) is 0. The van der Waals surface area contributed by atoms with Gasteiger partial charge in [-0.05, 0) is 19.3 Å². The molecular formula is C11H23NO3. The first-order chi connectivity index (χ1) is 7.24. The van der Waals surface area contributed by atoms with E-state index >= 15 is 0 Å². The van der Waals surface area contributed by atoms with Gasteiger partial charge in [0, 0.05) is 20.1 Å². The number of aliphatic hydroxyl groups is 1. The summed E-state index contributed by atoms with van der Waals surface area (Å²) in [5, 5.41) is 11.5. The highest BCUT2D eigenvalue weighted by atomic mass is 16.5. The van der Waals surface area contributed by atoms with Crippen molar-refractivity contribution in [3.63, 3.8) is 0 Å². The van der Waals surface area contributed by atoms with Crippen LogP contribution in [0.2, 0.25) is 0 Å². The summed E-state index contributed by atoms with van der Waals surface area (Å²) in [6.45, 7) is 2.81. The number of rotatable bonds is 9. The van der Waals surface area contributed by atoms with Gasteiger partial charge in [-0.3, -0.25) is 4.79 Å². The van der Waals surface area contributed by atoms with Crippen molar-refractivity contribution in [1.82, 2.24) is 5.32 Å². The lowest BCUT2D eigenvalue weighted by atomic mass is 10.1. The molecule has 0 radical (unpaired) electrons. The third-order valence-corrected chi connectivity index (χ3v) is 2.18. The van der Waals surface area contributed by atoms with Crippen LogP contribution in [0, 0.1) is 0 Å². The number of carbonyl (C=O) groups is 1. The number of hydrogen-bond acceptors (Lipinski definition) is 3. The van der Waals surface area contributed by atoms with Crippen molar-refractivity contribution in [2.75, 3.05) is 20.3 Å². The third-order valence-electron chi connectivity index (χ3n) is 2.18. The van der Waals surface area contributed by atoms with Gasteiger partial charge in [-0.1, -0.05) is 13.3 Å². The molecule has 0 rings (SSSR count). The van der Waals surface area contributed by atoms with E-state index in [9.17, 15) is 4.79 Å². The van der Waals surface area contributed by atoms with E-state index in [4.69, 9.17) is 9.84 Å². The van der Waals surface area contributed by atoms with Crippen LogP contribution in [0.4, 0.5) is 0 Å². The third kappa shape index (κ3) is 8.39. The fraction of sp³-hybridized carbons (Fsp3) is 0.909. The van der Waals surface area contributed by atoms with E-state index in [0.29, 0.717) is 19.4 Å². The Hall–Kier alpha value is -0.610. The average molecular weight is 217 g/mol. The number of aliphatic hydroxyl groups excluding tert-OH is 1. The van der Waals surface area contributed by atoms with Gasteiger partial charge < -0.3 is 15.2 Å². The molecule has 1 unspecified atom stereocenters. The van der Waals surface area contributed by atoms with Crippen LogP contribution in [-0.2, 0) is 9.53 Å². The molecule has 0 saturated heterocycles. The van der Waals surface area contributed by atoms with Gasteiger partial charge in [-0.15, -0.1) is 0 Å². The van der Waals surface area contributed by atoms with E-state index < -0.39 is 0 Å². The van der Waals surface area contributed by atoms with E-state index in [2.05, 4.69) is 12.2 Å². The highest BCUT2D eigenvalue weighted by Gasteiger charge is 2.10. The second-order valence-electron chi connectivity index (χ2n) is 3.69. The van der Waals surface area contributed by atoms with E-state index in [-0.39, 0.29) is 18.6 Å². The Labute approximate surface area is 92.0 Å². The van der Waals surface area contributed by atoms with Crippen LogP contribution in [0.5, 0.6) is 0 Å². The number of ether oxygens (including phenoxy) is 1. The molecule has 4 heteroatoms. The molecule has 0 aliphatic rings. The molecule has 1 atom stereocenters. The first-order valence-electron chi connectivity index (χ1n) is 5.63. The number of amides is 1. The summed E-state index contributed by atoms with van der Waals surface area (Å²) in [7, 11) is 1.64. The van der Waals surface area contributed by atoms with E-state index in [0.717, 1.165) is 19.3 Å². The molecule has 0 bridgehead atoms. The first kappa shape index (κ1) is 14.4. The van der Waals surface area contributed by atoms with Gasteiger partial charge in [0.05, 0.1) is 12.6 Å². The van der Waals surface area contributed by atoms with Crippen molar-refractivity contribution in [1.29, 1.82) is 0 Å². The van der Waals surface area contributed by atoms with Crippen LogP contribution in [0.3, 0.4) is 0 Å². The van der Waals surface area contributed by atoms with Crippen molar-refractivity contribution < 1.29 is 14.6 Å². The summed E-state index contributed by atoms with van der Waals surface area (Å²) in [5.74, 6) is 0.0546. The number of unbranched alkanes of at least 4 members (excludes halogenated alkanes) is 1. The molecule has 0 aromatic heterocycles. The summed E-state index contributed by atoms with van der Waals surface area (Å²) in [6, 6.07) is 0.127. The van der Waals surface area contributed by atoms with Crippen LogP contribution in [0.1, 0.15) is 39.0 Å². The molecular weight excluding hydrogens is 194 g/mol. The number of carbonyl (C=O) groups excluding carboxylic acids is 1. The van der Waals surface area contributed by atoms with E-state index in [1.807, 2.05) is 0 Å². The van der Waals surface area contributed by atoms with E-state index in [1.54, 1.807) is 7.11 Å². The quantitative estimate of drug-likeness (QED) is 0.568. The van der Waals surface area contributed by atoms with Crippen molar-refractivity contribution in [2.24, 2.45) is 0 Å². The van der Waals surface area contributed by atoms with Gasteiger partial charge in [-0.2, -0.15) is 0 Å². The summed E-state index contributed by atoms with van der Waals surface area (Å²) >= 11 is 0. The predicted molar refractivity (Wildman–Crippen MR) is 59.7 cm³/mol. The molecule has 0 fully saturated rings. The number of hydrogen-bond donors (Lipinski definition) is 2. The lowest BCUT2D eigenvalue weighted by Crippen LogP contribution is -2.37. The molecule has 0 heterocycles. The molecule has 1 amide bonds. The largest absolute Gasteiger partial charge is 0.396 e. The standard InChI is InChI=1S/C11H23NO3/c1-3-6-10(9-15-2)12-11(14)7-4-5-8-13/h10,13H,3-9H2,1-2H3,(H,12,14). The highest BCUT2D eigenvalue weighted by molar-refractivity contribution is 5.76. The van der Waals surface area contributed by atoms with Crippen LogP contribution in [-0.4, -0.2) is 37.4 Å². The Balaban J connectivity index is 3.67. The fourth-order valence-corrected chi connectivity index (χ4v) is 1.44. The van der Waals surface area contributed by atoms with E-state index in [1.165, 1.54) is 0 Å². The smallest absolute Gasteiger partial charge is 0.220 e. The molecule has 0 saturated carbocycles. The van der Waals surface area contributed by atoms with Crippen molar-refractivity contribution >= 4 is 5.91 Å². The lowest BCUT2D eigenvalue weighted by molar-refractivity contribution is -0.122. The molecule has 90 valence electrons. The zero-order chi connectivity index (χ0) is 11.5. The predicted octanol–water partition coefficient (Wildman–Crippen LogP) is 1.08. The maximum atomic E-state index is 11.4. The van der Waals surface area contributed by atoms with Crippen LogP contribution in [0.15, 0.2) is 0 Å². The molecule has 0 spiro atoms. The Morgan fingerprint density at radius 1 is 1.47 bits per heavy atom. The van der Waals surface area contributed by atoms with Crippen molar-refractivity contribution in [3.05, 3.63) is 0 Å². The minimum Gasteiger partial charge on any atom is -0.396 e. The maximum Gasteiger partial charge on any atom is 0.220 e. The van der Waals surface area contributed by atoms with Gasteiger partial charge in [-0.25, -0.2) is 0 Å². The molecule has 0 aliphatic carbocycles. The topological polar surface area (TPSA) is 58.6 Å². The molecule has 15 heavy (non-hydrogen) atoms. The second-order valence-corrected chi connectivity index (χ2v) is 3.69. The van der Waals surface area contributed by atoms with Gasteiger partial charge in [0.25, 0.3) is 0 Å². The molecule has 0 aliphatic heterocycles. The summed E-state index contributed by atoms with van der Waals surface area (Å²) < 4.78 is 5.03. The monoisotopic (exact) mass is 217 g/mol. The van der Waals surface area contributed by atoms with Gasteiger partial charge in [0.1, 0.15) is 0 Å². The molecule has 4 nitrogen and oxygen atoms in total. The first-order valence-corrected chi connectivity index (χ1v) is 5.63. The minimum atomic E-state index is 0.0546. The molecule has 0 aromatic rings. The highest BCUT2D eigenvalue weighted by Crippen LogP contribution is 2.00. The molecule has 0 aromatic carbocycles. The Kier molecular flexibility index (Phi) is 9.52. The Morgan fingerprint density at radius 2 is 2.20 bits per heavy atom. The SMILES string of the molecule is CCCC(COC)NC(=O)CCCCO. The summed E-state index contributed by atoms with van der Waals surface area (Å²) in [6.07, 6.45) is 3.90. The van der Waals surface area contributed by atoms with Crippen molar-refractivity contribution in [2.45, 2.75) is 45.1 Å². The fourth-order valence-electron chi connectivity index (χ4n) is 1.44. The lowest BCUT2D eigenvalue weighted by Gasteiger charge is -2.16. The second kappa shape index (κ2) is 9.93. The zero-order valence-corrected chi connectivity index (χ0v) is 9.79. The number of nitrogens with one attached hydrogen (secondary N) is 1. The maximum absolute atomic E-state index is 11.4. The van der Waals surface area contributed by atoms with Crippen LogP contribution in [0.25, 0.3) is 0 Å². The Bertz CT molecular complexity index is 156. The minimum absolute atomic E-state index is 0.0546. The summed E-state index contributed by atoms with van der Waals surface area (Å²) in [4.78, 5) is 11.4. The normalized spacial score (nSPS) is 12.5. The van der Waals surface area contributed by atoms with Crippen LogP contribution >= 0.6 is 0 Å². The van der Waals surface area contributed by atoms with Crippen LogP contribution < -0.4 is 5.32 Å².